The number of aryl methyl sites for hydroxylation is 1. The molecule has 2 atom stereocenters. The van der Waals surface area contributed by atoms with Crippen molar-refractivity contribution in [3.63, 3.8) is 0 Å². The van der Waals surface area contributed by atoms with Gasteiger partial charge in [-0.05, 0) is 44.4 Å². The normalized spacial score (nSPS) is 23.5. The first-order chi connectivity index (χ1) is 11.4. The van der Waals surface area contributed by atoms with Gasteiger partial charge in [-0.2, -0.15) is 4.31 Å². The van der Waals surface area contributed by atoms with E-state index in [9.17, 15) is 8.42 Å². The van der Waals surface area contributed by atoms with Crippen molar-refractivity contribution in [3.8, 4) is 0 Å². The Morgan fingerprint density at radius 1 is 1.12 bits per heavy atom. The van der Waals surface area contributed by atoms with E-state index in [2.05, 4.69) is 25.7 Å². The van der Waals surface area contributed by atoms with Gasteiger partial charge in [0.05, 0.1) is 4.90 Å². The lowest BCUT2D eigenvalue weighted by molar-refractivity contribution is 0.0666. The third-order valence-electron chi connectivity index (χ3n) is 4.80. The fourth-order valence-corrected chi connectivity index (χ4v) is 4.98. The zero-order valence-electron chi connectivity index (χ0n) is 15.2. The molecular formula is C18H30N2O3S. The third-order valence-corrected chi connectivity index (χ3v) is 6.65. The van der Waals surface area contributed by atoms with Crippen LogP contribution in [0.15, 0.2) is 29.2 Å². The van der Waals surface area contributed by atoms with Crippen LogP contribution in [0.3, 0.4) is 0 Å². The van der Waals surface area contributed by atoms with Gasteiger partial charge in [-0.25, -0.2) is 8.42 Å². The molecule has 1 aliphatic heterocycles. The Hall–Kier alpha value is -0.950. The van der Waals surface area contributed by atoms with E-state index in [-0.39, 0.29) is 12.1 Å². The Labute approximate surface area is 146 Å². The van der Waals surface area contributed by atoms with Gasteiger partial charge in [-0.15, -0.1) is 0 Å². The zero-order valence-corrected chi connectivity index (χ0v) is 16.1. The van der Waals surface area contributed by atoms with Gasteiger partial charge in [-0.1, -0.05) is 19.1 Å². The summed E-state index contributed by atoms with van der Waals surface area (Å²) in [6, 6.07) is 7.68. The summed E-state index contributed by atoms with van der Waals surface area (Å²) in [7, 11) is -1.71. The molecule has 1 fully saturated rings. The van der Waals surface area contributed by atoms with Gasteiger partial charge in [0.25, 0.3) is 0 Å². The molecule has 1 aliphatic rings. The molecular weight excluding hydrogens is 324 g/mol. The Bertz CT molecular complexity index is 604. The van der Waals surface area contributed by atoms with Crippen molar-refractivity contribution in [1.29, 1.82) is 0 Å². The lowest BCUT2D eigenvalue weighted by Gasteiger charge is -2.43. The van der Waals surface area contributed by atoms with E-state index in [1.165, 1.54) is 0 Å². The van der Waals surface area contributed by atoms with Crippen molar-refractivity contribution < 1.29 is 13.2 Å². The summed E-state index contributed by atoms with van der Waals surface area (Å²) >= 11 is 0. The lowest BCUT2D eigenvalue weighted by Crippen LogP contribution is -2.58. The first-order valence-electron chi connectivity index (χ1n) is 8.74. The Morgan fingerprint density at radius 3 is 2.21 bits per heavy atom. The Balaban J connectivity index is 2.09. The van der Waals surface area contributed by atoms with Crippen molar-refractivity contribution in [2.45, 2.75) is 50.6 Å². The van der Waals surface area contributed by atoms with Gasteiger partial charge >= 0.3 is 0 Å². The van der Waals surface area contributed by atoms with E-state index in [0.29, 0.717) is 18.0 Å². The molecule has 24 heavy (non-hydrogen) atoms. The van der Waals surface area contributed by atoms with Crippen LogP contribution in [0.25, 0.3) is 0 Å². The van der Waals surface area contributed by atoms with Crippen molar-refractivity contribution >= 4 is 10.0 Å². The lowest BCUT2D eigenvalue weighted by atomic mass is 10.1. The van der Waals surface area contributed by atoms with Crippen LogP contribution in [0.4, 0.5) is 0 Å². The van der Waals surface area contributed by atoms with Crippen LogP contribution in [0.5, 0.6) is 0 Å². The number of benzene rings is 1. The zero-order chi connectivity index (χ0) is 17.7. The van der Waals surface area contributed by atoms with Crippen molar-refractivity contribution in [3.05, 3.63) is 29.8 Å². The SMILES string of the molecule is CCc1ccc(S(=O)(=O)N2CC(C)N(CCCOC)C(C)C2)cc1. The highest BCUT2D eigenvalue weighted by Crippen LogP contribution is 2.23. The molecule has 0 radical (unpaired) electrons. The first-order valence-corrected chi connectivity index (χ1v) is 10.2. The Kier molecular flexibility index (Phi) is 6.80. The summed E-state index contributed by atoms with van der Waals surface area (Å²) in [5, 5.41) is 0. The first kappa shape index (κ1) is 19.4. The maximum atomic E-state index is 12.9. The molecule has 0 spiro atoms. The van der Waals surface area contributed by atoms with E-state index in [4.69, 9.17) is 4.74 Å². The fourth-order valence-electron chi connectivity index (χ4n) is 3.38. The predicted molar refractivity (Wildman–Crippen MR) is 96.7 cm³/mol. The number of piperazine rings is 1. The molecule has 0 amide bonds. The van der Waals surface area contributed by atoms with Crippen LogP contribution < -0.4 is 0 Å². The smallest absolute Gasteiger partial charge is 0.243 e. The fraction of sp³-hybridized carbons (Fsp3) is 0.667. The highest BCUT2D eigenvalue weighted by molar-refractivity contribution is 7.89. The number of rotatable bonds is 7. The van der Waals surface area contributed by atoms with Gasteiger partial charge in [0.15, 0.2) is 0 Å². The van der Waals surface area contributed by atoms with Crippen LogP contribution in [0.1, 0.15) is 32.8 Å². The van der Waals surface area contributed by atoms with E-state index >= 15 is 0 Å². The molecule has 0 N–H and O–H groups in total. The average molecular weight is 355 g/mol. The van der Waals surface area contributed by atoms with Crippen LogP contribution in [0.2, 0.25) is 0 Å². The number of ether oxygens (including phenoxy) is 1. The maximum absolute atomic E-state index is 12.9. The predicted octanol–water partition coefficient (Wildman–Crippen LogP) is 2.37. The summed E-state index contributed by atoms with van der Waals surface area (Å²) < 4.78 is 32.6. The maximum Gasteiger partial charge on any atom is 0.243 e. The highest BCUT2D eigenvalue weighted by atomic mass is 32.2. The molecule has 2 unspecified atom stereocenters. The molecule has 6 heteroatoms. The third kappa shape index (κ3) is 4.36. The summed E-state index contributed by atoms with van der Waals surface area (Å²) in [4.78, 5) is 2.78. The van der Waals surface area contributed by atoms with Gasteiger partial charge in [0.2, 0.25) is 10.0 Å². The van der Waals surface area contributed by atoms with Crippen molar-refractivity contribution in [2.24, 2.45) is 0 Å². The quantitative estimate of drug-likeness (QED) is 0.706. The van der Waals surface area contributed by atoms with Crippen LogP contribution >= 0.6 is 0 Å². The minimum atomic E-state index is -3.42. The molecule has 0 bridgehead atoms. The molecule has 136 valence electrons. The van der Waals surface area contributed by atoms with Crippen molar-refractivity contribution in [2.75, 3.05) is 33.4 Å². The number of hydrogen-bond donors (Lipinski definition) is 0. The molecule has 1 saturated heterocycles. The second kappa shape index (κ2) is 8.43. The van der Waals surface area contributed by atoms with Gasteiger partial charge in [0.1, 0.15) is 0 Å². The highest BCUT2D eigenvalue weighted by Gasteiger charge is 2.35. The van der Waals surface area contributed by atoms with Gasteiger partial charge in [-0.3, -0.25) is 4.90 Å². The number of methoxy groups -OCH3 is 1. The summed E-state index contributed by atoms with van der Waals surface area (Å²) in [6.45, 7) is 9.02. The van der Waals surface area contributed by atoms with E-state index in [0.717, 1.165) is 31.6 Å². The number of hydrogen-bond acceptors (Lipinski definition) is 4. The second-order valence-electron chi connectivity index (χ2n) is 6.60. The van der Waals surface area contributed by atoms with Crippen LogP contribution in [-0.4, -0.2) is 63.1 Å². The standard InChI is InChI=1S/C18H30N2O3S/c1-5-17-7-9-18(10-8-17)24(21,22)19-13-15(2)20(16(3)14-19)11-6-12-23-4/h7-10,15-16H,5-6,11-14H2,1-4H3. The summed E-state index contributed by atoms with van der Waals surface area (Å²) in [5.41, 5.74) is 1.15. The second-order valence-corrected chi connectivity index (χ2v) is 8.54. The van der Waals surface area contributed by atoms with Gasteiger partial charge < -0.3 is 4.74 Å². The molecule has 0 aliphatic carbocycles. The Morgan fingerprint density at radius 2 is 1.71 bits per heavy atom. The minimum absolute atomic E-state index is 0.204. The number of sulfonamides is 1. The molecule has 5 nitrogen and oxygen atoms in total. The molecule has 1 aromatic rings. The molecule has 1 aromatic carbocycles. The number of nitrogens with zero attached hydrogens (tertiary/aromatic N) is 2. The van der Waals surface area contributed by atoms with E-state index in [1.807, 2.05) is 12.1 Å². The van der Waals surface area contributed by atoms with Crippen LogP contribution in [-0.2, 0) is 21.2 Å². The summed E-state index contributed by atoms with van der Waals surface area (Å²) in [6.07, 6.45) is 1.88. The molecule has 1 heterocycles. The van der Waals surface area contributed by atoms with Gasteiger partial charge in [0, 0.05) is 45.4 Å². The molecule has 0 saturated carbocycles. The topological polar surface area (TPSA) is 49.9 Å². The molecule has 0 aromatic heterocycles. The van der Waals surface area contributed by atoms with E-state index in [1.54, 1.807) is 23.5 Å². The monoisotopic (exact) mass is 354 g/mol. The van der Waals surface area contributed by atoms with Crippen molar-refractivity contribution in [1.82, 2.24) is 9.21 Å². The largest absolute Gasteiger partial charge is 0.385 e. The summed E-state index contributed by atoms with van der Waals surface area (Å²) in [5.74, 6) is 0. The molecule has 2 rings (SSSR count). The average Bonchev–Trinajstić information content (AvgIpc) is 2.57. The van der Waals surface area contributed by atoms with E-state index < -0.39 is 10.0 Å². The van der Waals surface area contributed by atoms with Crippen LogP contribution in [0, 0.1) is 0 Å². The minimum Gasteiger partial charge on any atom is -0.385 e.